The molecule has 0 unspecified atom stereocenters. The number of nitrogens with zero attached hydrogens (tertiary/aromatic N) is 4. The molecule has 0 bridgehead atoms. The number of methoxy groups -OCH3 is 2. The number of piperazine rings is 1. The lowest BCUT2D eigenvalue weighted by Gasteiger charge is -2.34. The lowest BCUT2D eigenvalue weighted by molar-refractivity contribution is -0.120. The van der Waals surface area contributed by atoms with Crippen molar-refractivity contribution in [3.8, 4) is 17.2 Å². The van der Waals surface area contributed by atoms with Gasteiger partial charge in [0.2, 0.25) is 11.7 Å². The molecule has 32 heavy (non-hydrogen) atoms. The molecule has 11 nitrogen and oxygen atoms in total. The molecule has 2 aromatic rings. The van der Waals surface area contributed by atoms with Gasteiger partial charge in [-0.15, -0.1) is 0 Å². The fraction of sp³-hybridized carbons (Fsp3) is 0.429. The number of ether oxygens (including phenoxy) is 3. The van der Waals surface area contributed by atoms with Crippen molar-refractivity contribution < 1.29 is 23.8 Å². The summed E-state index contributed by atoms with van der Waals surface area (Å²) in [4.78, 5) is 36.7. The van der Waals surface area contributed by atoms with E-state index in [0.717, 1.165) is 38.7 Å². The fourth-order valence-electron chi connectivity index (χ4n) is 3.35. The summed E-state index contributed by atoms with van der Waals surface area (Å²) in [5.41, 5.74) is 5.49. The standard InChI is InChI=1S/C21H28N6O5/c1-30-16-12-15(13-17(31-2)19(16)32-14-18(22)28)20(29)23-6-7-26-8-10-27(11-9-26)21-24-4-3-5-25-21/h3-5,12-13H,6-11,14H2,1-2H3,(H2,22,28)(H,23,29). The number of carbonyl (C=O) groups is 2. The minimum atomic E-state index is -0.631. The first-order chi connectivity index (χ1) is 15.5. The summed E-state index contributed by atoms with van der Waals surface area (Å²) in [6.45, 7) is 4.28. The van der Waals surface area contributed by atoms with Crippen molar-refractivity contribution in [2.75, 3.05) is 65.0 Å². The Morgan fingerprint density at radius 2 is 1.69 bits per heavy atom. The van der Waals surface area contributed by atoms with Crippen molar-refractivity contribution in [3.05, 3.63) is 36.2 Å². The third kappa shape index (κ3) is 5.97. The Balaban J connectivity index is 1.52. The van der Waals surface area contributed by atoms with Gasteiger partial charge in [-0.2, -0.15) is 0 Å². The summed E-state index contributed by atoms with van der Waals surface area (Å²) in [7, 11) is 2.88. The van der Waals surface area contributed by atoms with Crippen LogP contribution in [0.15, 0.2) is 30.6 Å². The monoisotopic (exact) mass is 444 g/mol. The van der Waals surface area contributed by atoms with Crippen molar-refractivity contribution in [2.45, 2.75) is 0 Å². The van der Waals surface area contributed by atoms with Crippen LogP contribution >= 0.6 is 0 Å². The fourth-order valence-corrected chi connectivity index (χ4v) is 3.35. The minimum Gasteiger partial charge on any atom is -0.493 e. The maximum absolute atomic E-state index is 12.7. The average molecular weight is 444 g/mol. The van der Waals surface area contributed by atoms with Gasteiger partial charge in [-0.1, -0.05) is 0 Å². The average Bonchev–Trinajstić information content (AvgIpc) is 2.83. The second kappa shape index (κ2) is 11.1. The second-order valence-electron chi connectivity index (χ2n) is 7.10. The van der Waals surface area contributed by atoms with Crippen LogP contribution in [0.2, 0.25) is 0 Å². The van der Waals surface area contributed by atoms with Crippen LogP contribution in [-0.2, 0) is 4.79 Å². The van der Waals surface area contributed by atoms with E-state index in [9.17, 15) is 9.59 Å². The van der Waals surface area contributed by atoms with Gasteiger partial charge in [0.1, 0.15) is 0 Å². The maximum atomic E-state index is 12.7. The van der Waals surface area contributed by atoms with Crippen molar-refractivity contribution >= 4 is 17.8 Å². The Kier molecular flexibility index (Phi) is 8.03. The van der Waals surface area contributed by atoms with E-state index in [4.69, 9.17) is 19.9 Å². The lowest BCUT2D eigenvalue weighted by Crippen LogP contribution is -2.49. The summed E-state index contributed by atoms with van der Waals surface area (Å²) in [5.74, 6) is 0.606. The van der Waals surface area contributed by atoms with Crippen LogP contribution in [0.1, 0.15) is 10.4 Å². The van der Waals surface area contributed by atoms with Crippen LogP contribution in [0.25, 0.3) is 0 Å². The zero-order valence-electron chi connectivity index (χ0n) is 18.2. The Labute approximate surface area is 186 Å². The molecular formula is C21H28N6O5. The molecule has 0 radical (unpaired) electrons. The number of hydrogen-bond donors (Lipinski definition) is 2. The number of amides is 2. The predicted molar refractivity (Wildman–Crippen MR) is 117 cm³/mol. The third-order valence-electron chi connectivity index (χ3n) is 5.00. The van der Waals surface area contributed by atoms with Crippen LogP contribution in [-0.4, -0.2) is 86.8 Å². The number of nitrogens with one attached hydrogen (secondary N) is 1. The van der Waals surface area contributed by atoms with E-state index in [0.29, 0.717) is 12.1 Å². The summed E-state index contributed by atoms with van der Waals surface area (Å²) in [6, 6.07) is 4.87. The number of benzene rings is 1. The van der Waals surface area contributed by atoms with Crippen LogP contribution in [0, 0.1) is 0 Å². The normalized spacial score (nSPS) is 14.0. The van der Waals surface area contributed by atoms with Gasteiger partial charge >= 0.3 is 0 Å². The minimum absolute atomic E-state index is 0.214. The molecule has 3 rings (SSSR count). The van der Waals surface area contributed by atoms with Gasteiger partial charge in [0, 0.05) is 57.2 Å². The predicted octanol–water partition coefficient (Wildman–Crippen LogP) is -0.0901. The molecule has 2 heterocycles. The SMILES string of the molecule is COc1cc(C(=O)NCCN2CCN(c3ncccn3)CC2)cc(OC)c1OCC(N)=O. The Hall–Kier alpha value is -3.60. The Morgan fingerprint density at radius 1 is 1.06 bits per heavy atom. The van der Waals surface area contributed by atoms with Crippen LogP contribution in [0.4, 0.5) is 5.95 Å². The number of primary amides is 1. The molecule has 0 atom stereocenters. The van der Waals surface area contributed by atoms with Crippen LogP contribution in [0.5, 0.6) is 17.2 Å². The van der Waals surface area contributed by atoms with E-state index < -0.39 is 5.91 Å². The highest BCUT2D eigenvalue weighted by Gasteiger charge is 2.20. The second-order valence-corrected chi connectivity index (χ2v) is 7.10. The van der Waals surface area contributed by atoms with E-state index >= 15 is 0 Å². The van der Waals surface area contributed by atoms with Gasteiger partial charge in [0.15, 0.2) is 18.1 Å². The number of rotatable bonds is 10. The molecule has 1 aromatic heterocycles. The Bertz CT molecular complexity index is 893. The molecule has 3 N–H and O–H groups in total. The highest BCUT2D eigenvalue weighted by atomic mass is 16.5. The van der Waals surface area contributed by atoms with E-state index in [1.165, 1.54) is 26.4 Å². The van der Waals surface area contributed by atoms with Crippen molar-refractivity contribution in [1.82, 2.24) is 20.2 Å². The van der Waals surface area contributed by atoms with E-state index in [2.05, 4.69) is 25.1 Å². The zero-order chi connectivity index (χ0) is 22.9. The highest BCUT2D eigenvalue weighted by molar-refractivity contribution is 5.95. The number of hydrogen-bond acceptors (Lipinski definition) is 9. The lowest BCUT2D eigenvalue weighted by atomic mass is 10.1. The summed E-state index contributed by atoms with van der Waals surface area (Å²) < 4.78 is 16.0. The summed E-state index contributed by atoms with van der Waals surface area (Å²) in [5, 5.41) is 2.92. The number of carbonyl (C=O) groups excluding carboxylic acids is 2. The first-order valence-corrected chi connectivity index (χ1v) is 10.2. The van der Waals surface area contributed by atoms with E-state index in [1.807, 2.05) is 0 Å². The van der Waals surface area contributed by atoms with Crippen molar-refractivity contribution in [1.29, 1.82) is 0 Å². The maximum Gasteiger partial charge on any atom is 0.255 e. The summed E-state index contributed by atoms with van der Waals surface area (Å²) >= 11 is 0. The molecule has 2 amide bonds. The van der Waals surface area contributed by atoms with Gasteiger partial charge in [-0.25, -0.2) is 9.97 Å². The van der Waals surface area contributed by atoms with Crippen molar-refractivity contribution in [2.24, 2.45) is 5.73 Å². The largest absolute Gasteiger partial charge is 0.493 e. The molecular weight excluding hydrogens is 416 g/mol. The van der Waals surface area contributed by atoms with Gasteiger partial charge in [-0.3, -0.25) is 14.5 Å². The third-order valence-corrected chi connectivity index (χ3v) is 5.00. The highest BCUT2D eigenvalue weighted by Crippen LogP contribution is 2.38. The Morgan fingerprint density at radius 3 is 2.25 bits per heavy atom. The molecule has 1 saturated heterocycles. The summed E-state index contributed by atoms with van der Waals surface area (Å²) in [6.07, 6.45) is 3.48. The van der Waals surface area contributed by atoms with E-state index in [1.54, 1.807) is 18.5 Å². The molecule has 1 aliphatic heterocycles. The van der Waals surface area contributed by atoms with Gasteiger partial charge in [0.25, 0.3) is 11.8 Å². The molecule has 0 aliphatic carbocycles. The number of nitrogens with two attached hydrogens (primary N) is 1. The quantitative estimate of drug-likeness (QED) is 0.516. The molecule has 11 heteroatoms. The molecule has 172 valence electrons. The number of anilines is 1. The van der Waals surface area contributed by atoms with Gasteiger partial charge < -0.3 is 30.2 Å². The molecule has 0 spiro atoms. The number of aromatic nitrogens is 2. The van der Waals surface area contributed by atoms with Crippen molar-refractivity contribution in [3.63, 3.8) is 0 Å². The molecule has 1 aliphatic rings. The van der Waals surface area contributed by atoms with Gasteiger partial charge in [-0.05, 0) is 18.2 Å². The van der Waals surface area contributed by atoms with Crippen LogP contribution < -0.4 is 30.2 Å². The zero-order valence-corrected chi connectivity index (χ0v) is 18.2. The molecule has 1 fully saturated rings. The topological polar surface area (TPSA) is 132 Å². The van der Waals surface area contributed by atoms with Gasteiger partial charge in [0.05, 0.1) is 14.2 Å². The molecule has 0 saturated carbocycles. The van der Waals surface area contributed by atoms with Crippen LogP contribution in [0.3, 0.4) is 0 Å². The smallest absolute Gasteiger partial charge is 0.255 e. The van der Waals surface area contributed by atoms with E-state index in [-0.39, 0.29) is 29.8 Å². The molecule has 1 aromatic carbocycles. The first-order valence-electron chi connectivity index (χ1n) is 10.2. The first kappa shape index (κ1) is 23.1.